The lowest BCUT2D eigenvalue weighted by molar-refractivity contribution is -0.384. The van der Waals surface area contributed by atoms with E-state index in [0.717, 1.165) is 11.3 Å². The van der Waals surface area contributed by atoms with E-state index in [9.17, 15) is 10.1 Å². The van der Waals surface area contributed by atoms with Crippen molar-refractivity contribution in [1.82, 2.24) is 4.98 Å². The molecule has 0 spiro atoms. The highest BCUT2D eigenvalue weighted by Crippen LogP contribution is 2.12. The van der Waals surface area contributed by atoms with Gasteiger partial charge in [-0.15, -0.1) is 0 Å². The topological polar surface area (TPSA) is 68.4 Å². The van der Waals surface area contributed by atoms with Gasteiger partial charge < -0.3 is 0 Å². The highest BCUT2D eigenvalue weighted by molar-refractivity contribution is 5.80. The van der Waals surface area contributed by atoms with Gasteiger partial charge in [0.05, 0.1) is 10.6 Å². The Hall–Kier alpha value is -2.82. The van der Waals surface area contributed by atoms with Crippen molar-refractivity contribution in [3.8, 4) is 0 Å². The zero-order valence-corrected chi connectivity index (χ0v) is 10.0. The third-order valence-corrected chi connectivity index (χ3v) is 2.36. The van der Waals surface area contributed by atoms with E-state index in [1.807, 2.05) is 6.08 Å². The van der Waals surface area contributed by atoms with Crippen LogP contribution in [-0.4, -0.2) is 16.1 Å². The third-order valence-electron chi connectivity index (χ3n) is 2.36. The summed E-state index contributed by atoms with van der Waals surface area (Å²) in [5.41, 5.74) is 1.79. The van der Waals surface area contributed by atoms with Crippen molar-refractivity contribution in [2.75, 3.05) is 0 Å². The lowest BCUT2D eigenvalue weighted by atomic mass is 10.2. The van der Waals surface area contributed by atoms with E-state index in [1.165, 1.54) is 12.1 Å². The fourth-order valence-electron chi connectivity index (χ4n) is 1.42. The average Bonchev–Trinajstić information content (AvgIpc) is 2.45. The van der Waals surface area contributed by atoms with Crippen molar-refractivity contribution in [3.05, 3.63) is 70.5 Å². The number of hydrogen-bond acceptors (Lipinski definition) is 4. The van der Waals surface area contributed by atoms with E-state index in [2.05, 4.69) is 9.98 Å². The number of non-ortho nitro benzene ring substituents is 1. The predicted octanol–water partition coefficient (Wildman–Crippen LogP) is 3.41. The van der Waals surface area contributed by atoms with Gasteiger partial charge in [0, 0.05) is 30.7 Å². The Morgan fingerprint density at radius 3 is 2.42 bits per heavy atom. The zero-order chi connectivity index (χ0) is 13.5. The molecule has 0 aliphatic carbocycles. The van der Waals surface area contributed by atoms with Crippen molar-refractivity contribution in [1.29, 1.82) is 0 Å². The molecule has 5 heteroatoms. The Morgan fingerprint density at radius 2 is 1.79 bits per heavy atom. The minimum atomic E-state index is -0.418. The summed E-state index contributed by atoms with van der Waals surface area (Å²) in [4.78, 5) is 18.2. The van der Waals surface area contributed by atoms with Crippen molar-refractivity contribution < 1.29 is 4.92 Å². The summed E-state index contributed by atoms with van der Waals surface area (Å²) in [6, 6.07) is 9.93. The van der Waals surface area contributed by atoms with Gasteiger partial charge in [-0.3, -0.25) is 20.1 Å². The Morgan fingerprint density at radius 1 is 1.11 bits per heavy atom. The van der Waals surface area contributed by atoms with Gasteiger partial charge in [0.15, 0.2) is 0 Å². The molecule has 2 rings (SSSR count). The molecule has 0 fully saturated rings. The molecule has 0 unspecified atom stereocenters. The Labute approximate surface area is 110 Å². The van der Waals surface area contributed by atoms with Crippen LogP contribution in [0.4, 0.5) is 11.4 Å². The third kappa shape index (κ3) is 3.85. The summed E-state index contributed by atoms with van der Waals surface area (Å²) in [5.74, 6) is 0. The highest BCUT2D eigenvalue weighted by atomic mass is 16.6. The molecule has 1 aromatic carbocycles. The first-order chi connectivity index (χ1) is 9.25. The first-order valence-electron chi connectivity index (χ1n) is 5.61. The molecule has 0 bridgehead atoms. The molecule has 0 amide bonds. The van der Waals surface area contributed by atoms with E-state index in [0.29, 0.717) is 0 Å². The number of nitrogens with zero attached hydrogens (tertiary/aromatic N) is 3. The van der Waals surface area contributed by atoms with Crippen LogP contribution in [0.1, 0.15) is 5.56 Å². The molecule has 19 heavy (non-hydrogen) atoms. The minimum absolute atomic E-state index is 0.0857. The summed E-state index contributed by atoms with van der Waals surface area (Å²) in [7, 11) is 0. The van der Waals surface area contributed by atoms with Gasteiger partial charge in [-0.25, -0.2) is 0 Å². The normalized spacial score (nSPS) is 11.2. The molecule has 2 aromatic rings. The first-order valence-corrected chi connectivity index (χ1v) is 5.61. The number of rotatable bonds is 4. The number of hydrogen-bond donors (Lipinski definition) is 0. The summed E-state index contributed by atoms with van der Waals surface area (Å²) in [6.45, 7) is 0. The minimum Gasteiger partial charge on any atom is -0.265 e. The maximum Gasteiger partial charge on any atom is 0.269 e. The lowest BCUT2D eigenvalue weighted by Crippen LogP contribution is -1.86. The Balaban J connectivity index is 1.99. The second-order valence-corrected chi connectivity index (χ2v) is 3.69. The summed E-state index contributed by atoms with van der Waals surface area (Å²) < 4.78 is 0. The quantitative estimate of drug-likeness (QED) is 0.476. The maximum atomic E-state index is 10.5. The van der Waals surface area contributed by atoms with Crippen molar-refractivity contribution in [2.24, 2.45) is 4.99 Å². The van der Waals surface area contributed by atoms with E-state index >= 15 is 0 Å². The van der Waals surface area contributed by atoms with Crippen molar-refractivity contribution >= 4 is 23.7 Å². The van der Waals surface area contributed by atoms with E-state index in [1.54, 1.807) is 48.9 Å². The molecule has 0 radical (unpaired) electrons. The second-order valence-electron chi connectivity index (χ2n) is 3.69. The Kier molecular flexibility index (Phi) is 4.12. The number of nitro benzene ring substituents is 1. The number of aliphatic imine (C=N–C) groups is 1. The fraction of sp³-hybridized carbons (Fsp3) is 0. The lowest BCUT2D eigenvalue weighted by Gasteiger charge is -1.92. The largest absolute Gasteiger partial charge is 0.269 e. The van der Waals surface area contributed by atoms with Crippen LogP contribution in [0.25, 0.3) is 6.08 Å². The fourth-order valence-corrected chi connectivity index (χ4v) is 1.42. The van der Waals surface area contributed by atoms with Crippen molar-refractivity contribution in [3.63, 3.8) is 0 Å². The van der Waals surface area contributed by atoms with Gasteiger partial charge in [0.2, 0.25) is 0 Å². The predicted molar refractivity (Wildman–Crippen MR) is 74.5 cm³/mol. The number of nitro groups is 1. The standard InChI is InChI=1S/C14H11N3O2/c18-17(19)14-5-3-12(4-6-14)2-1-9-16-13-7-10-15-11-8-13/h1-11H/b2-1+,16-9?. The number of pyridine rings is 1. The molecule has 1 aromatic heterocycles. The van der Waals surface area contributed by atoms with Gasteiger partial charge in [-0.2, -0.15) is 0 Å². The molecule has 5 nitrogen and oxygen atoms in total. The van der Waals surface area contributed by atoms with Crippen LogP contribution in [-0.2, 0) is 0 Å². The van der Waals surface area contributed by atoms with Gasteiger partial charge in [0.25, 0.3) is 5.69 Å². The molecule has 0 aliphatic rings. The SMILES string of the molecule is O=[N+]([O-])c1ccc(/C=C/C=Nc2ccncc2)cc1. The molecule has 0 aliphatic heterocycles. The molecule has 1 heterocycles. The van der Waals surface area contributed by atoms with E-state index in [4.69, 9.17) is 0 Å². The van der Waals surface area contributed by atoms with Gasteiger partial charge in [0.1, 0.15) is 0 Å². The van der Waals surface area contributed by atoms with Gasteiger partial charge in [-0.1, -0.05) is 6.08 Å². The Bertz CT molecular complexity index is 604. The molecule has 0 atom stereocenters. The smallest absolute Gasteiger partial charge is 0.265 e. The molecular formula is C14H11N3O2. The van der Waals surface area contributed by atoms with Gasteiger partial charge in [-0.05, 0) is 35.9 Å². The molecular weight excluding hydrogens is 242 g/mol. The zero-order valence-electron chi connectivity index (χ0n) is 10.0. The van der Waals surface area contributed by atoms with Crippen LogP contribution in [0.2, 0.25) is 0 Å². The summed E-state index contributed by atoms with van der Waals surface area (Å²) in [5, 5.41) is 10.5. The van der Waals surface area contributed by atoms with Crippen LogP contribution in [0.3, 0.4) is 0 Å². The van der Waals surface area contributed by atoms with Gasteiger partial charge >= 0.3 is 0 Å². The van der Waals surface area contributed by atoms with E-state index in [-0.39, 0.29) is 5.69 Å². The highest BCUT2D eigenvalue weighted by Gasteiger charge is 2.01. The number of allylic oxidation sites excluding steroid dienone is 1. The maximum absolute atomic E-state index is 10.5. The van der Waals surface area contributed by atoms with Crippen LogP contribution in [0.15, 0.2) is 59.9 Å². The molecule has 0 saturated heterocycles. The van der Waals surface area contributed by atoms with Crippen molar-refractivity contribution in [2.45, 2.75) is 0 Å². The first kappa shape index (κ1) is 12.6. The average molecular weight is 253 g/mol. The monoisotopic (exact) mass is 253 g/mol. The molecule has 0 saturated carbocycles. The summed E-state index contributed by atoms with van der Waals surface area (Å²) in [6.07, 6.45) is 8.62. The van der Waals surface area contributed by atoms with Crippen LogP contribution < -0.4 is 0 Å². The molecule has 94 valence electrons. The number of benzene rings is 1. The van der Waals surface area contributed by atoms with Crippen LogP contribution >= 0.6 is 0 Å². The molecule has 0 N–H and O–H groups in total. The number of aromatic nitrogens is 1. The van der Waals surface area contributed by atoms with Crippen LogP contribution in [0, 0.1) is 10.1 Å². The second kappa shape index (κ2) is 6.20. The summed E-state index contributed by atoms with van der Waals surface area (Å²) >= 11 is 0. The van der Waals surface area contributed by atoms with E-state index < -0.39 is 4.92 Å². The van der Waals surface area contributed by atoms with Crippen LogP contribution in [0.5, 0.6) is 0 Å².